The Labute approximate surface area is 478 Å². The molecule has 11 nitrogen and oxygen atoms in total. The topological polar surface area (TPSA) is 127 Å². The Bertz CT molecular complexity index is 3130. The number of hydrogen-bond acceptors (Lipinski definition) is 13. The van der Waals surface area contributed by atoms with Gasteiger partial charge >= 0.3 is 21.1 Å². The highest BCUT2D eigenvalue weighted by Gasteiger charge is 2.63. The molecule has 10 heterocycles. The predicted octanol–water partition coefficient (Wildman–Crippen LogP) is 13.9. The highest BCUT2D eigenvalue weighted by Crippen LogP contribution is 2.43. The summed E-state index contributed by atoms with van der Waals surface area (Å²) in [6.07, 6.45) is 7.15. The molecule has 0 spiro atoms. The molecule has 0 amide bonds. The van der Waals surface area contributed by atoms with E-state index in [-0.39, 0.29) is 46.3 Å². The average molecular weight is 1290 g/mol. The van der Waals surface area contributed by atoms with Crippen molar-refractivity contribution in [1.82, 2.24) is 19.9 Å². The Morgan fingerprint density at radius 1 is 0.554 bits per heavy atom. The lowest BCUT2D eigenvalue weighted by Gasteiger charge is -2.32. The van der Waals surface area contributed by atoms with Crippen molar-refractivity contribution in [3.63, 3.8) is 0 Å². The molecule has 0 atom stereocenters. The van der Waals surface area contributed by atoms with Crippen molar-refractivity contribution in [2.24, 2.45) is 0 Å². The van der Waals surface area contributed by atoms with Crippen LogP contribution >= 0.6 is 81.8 Å². The molecule has 1 N–H and O–H groups in total. The molecule has 394 valence electrons. The van der Waals surface area contributed by atoms with E-state index in [9.17, 15) is 4.79 Å². The molecule has 7 aromatic heterocycles. The van der Waals surface area contributed by atoms with Gasteiger partial charge in [-0.3, -0.25) is 4.79 Å². The zero-order valence-electron chi connectivity index (χ0n) is 45.8. The second-order valence-electron chi connectivity index (χ2n) is 23.4. The Hall–Kier alpha value is -2.33. The SMILES string of the molecule is Brc1cnc2sccc2c1.CC1(C)OB(B2OC(C)(C)C(C)(C)O2)OC1(C)C.CC1(C)OB(c2cnc3sccc3c2)OC1(C)C.C[Si](C)(C)C#Cc1cc(Br)c[nH]c1=O.C[Si](C)(C)c1cc2cc(Br)cnc2s1. The van der Waals surface area contributed by atoms with E-state index < -0.39 is 30.2 Å². The van der Waals surface area contributed by atoms with Crippen LogP contribution < -0.4 is 15.5 Å². The minimum absolute atomic E-state index is 0.126. The lowest BCUT2D eigenvalue weighted by molar-refractivity contribution is 0.00578. The van der Waals surface area contributed by atoms with Crippen LogP contribution in [0, 0.1) is 11.5 Å². The molecule has 3 fully saturated rings. The van der Waals surface area contributed by atoms with Gasteiger partial charge in [-0.2, -0.15) is 0 Å². The summed E-state index contributed by atoms with van der Waals surface area (Å²) >= 11 is 15.2. The van der Waals surface area contributed by atoms with E-state index in [0.29, 0.717) is 5.56 Å². The summed E-state index contributed by atoms with van der Waals surface area (Å²) < 4.78 is 40.4. The molecule has 10 rings (SSSR count). The number of hydrogen-bond donors (Lipinski definition) is 1. The number of aromatic amines is 1. The molecule has 0 unspecified atom stereocenters. The molecule has 7 aromatic rings. The van der Waals surface area contributed by atoms with Crippen LogP contribution in [0.4, 0.5) is 0 Å². The first kappa shape index (κ1) is 60.9. The summed E-state index contributed by atoms with van der Waals surface area (Å²) in [6, 6.07) is 14.5. The minimum Gasteiger partial charge on any atom is -0.405 e. The van der Waals surface area contributed by atoms with Crippen LogP contribution in [0.2, 0.25) is 39.3 Å². The lowest BCUT2D eigenvalue weighted by atomic mass is 9.49. The Kier molecular flexibility index (Phi) is 19.1. The first-order valence-corrected chi connectivity index (χ1v) is 36.3. The molecule has 0 radical (unpaired) electrons. The van der Waals surface area contributed by atoms with Gasteiger partial charge in [0.1, 0.15) is 22.6 Å². The fraction of sp³-hybridized carbons (Fsp3) is 0.462. The first-order chi connectivity index (χ1) is 34.0. The van der Waals surface area contributed by atoms with E-state index in [4.69, 9.17) is 27.9 Å². The Balaban J connectivity index is 0.000000153. The van der Waals surface area contributed by atoms with Crippen LogP contribution in [0.5, 0.6) is 0 Å². The summed E-state index contributed by atoms with van der Waals surface area (Å²) in [5.41, 5.74) is 2.50. The van der Waals surface area contributed by atoms with Crippen molar-refractivity contribution in [3.05, 3.63) is 107 Å². The second-order valence-corrected chi connectivity index (χ2v) is 39.1. The fourth-order valence-electron chi connectivity index (χ4n) is 6.90. The molecular formula is C52H68B3Br3N4O7S3Si2. The summed E-state index contributed by atoms with van der Waals surface area (Å²) in [7, 11) is -3.86. The van der Waals surface area contributed by atoms with Gasteiger partial charge in [-0.25, -0.2) is 15.0 Å². The number of nitrogens with one attached hydrogen (secondary N) is 1. The molecule has 0 bridgehead atoms. The van der Waals surface area contributed by atoms with Crippen LogP contribution in [-0.2, 0) is 27.9 Å². The maximum Gasteiger partial charge on any atom is 0.496 e. The number of aromatic nitrogens is 4. The number of halogens is 3. The standard InChI is InChI=1S/C13H16BNO2S.C12H24B2O4.C10H12BrNOSi.C10H12BrNSSi.C7H4BrNS/c1-12(2)13(3,4)17-14(16-12)10-7-9-5-6-18-11(9)15-8-10;1-9(2)10(3,4)16-13(15-9)14-17-11(5,6)12(7,8)18-14;1-14(2,3)5-4-8-6-9(11)7-12-10(8)13;1-14(2,3)9-5-7-4-8(11)6-12-10(7)13-9;8-6-3-5-1-2-10-7(5)9-4-6/h5-8H,1-4H3;1-8H3;6-7H,1-3H3,(H,12,13);4-6H,1-3H3;1-4H. The monoisotopic (exact) mass is 1280 g/mol. The maximum atomic E-state index is 11.3. The van der Waals surface area contributed by atoms with Gasteiger partial charge < -0.3 is 32.9 Å². The van der Waals surface area contributed by atoms with Crippen molar-refractivity contribution < 1.29 is 27.9 Å². The quantitative estimate of drug-likeness (QED) is 0.135. The van der Waals surface area contributed by atoms with Crippen LogP contribution in [0.25, 0.3) is 30.6 Å². The van der Waals surface area contributed by atoms with Crippen molar-refractivity contribution in [2.45, 2.75) is 156 Å². The molecule has 0 saturated carbocycles. The van der Waals surface area contributed by atoms with Gasteiger partial charge in [-0.1, -0.05) is 51.3 Å². The average Bonchev–Trinajstić information content (AvgIpc) is 4.13. The third kappa shape index (κ3) is 15.3. The maximum absolute atomic E-state index is 11.3. The normalized spacial score (nSPS) is 18.8. The van der Waals surface area contributed by atoms with Gasteiger partial charge in [0.15, 0.2) is 0 Å². The van der Waals surface area contributed by atoms with Gasteiger partial charge in [0, 0.05) is 59.8 Å². The fourth-order valence-corrected chi connectivity index (χ4v) is 12.7. The van der Waals surface area contributed by atoms with Gasteiger partial charge in [0.25, 0.3) is 5.56 Å². The van der Waals surface area contributed by atoms with E-state index in [2.05, 4.69) is 183 Å². The number of pyridine rings is 4. The predicted molar refractivity (Wildman–Crippen MR) is 330 cm³/mol. The third-order valence-corrected chi connectivity index (χ3v) is 21.9. The molecule has 0 aliphatic carbocycles. The van der Waals surface area contributed by atoms with Gasteiger partial charge in [0.05, 0.1) is 47.2 Å². The summed E-state index contributed by atoms with van der Waals surface area (Å²) in [5, 5.41) is 7.71. The smallest absolute Gasteiger partial charge is 0.405 e. The summed E-state index contributed by atoms with van der Waals surface area (Å²) in [5.74, 6) is 2.93. The van der Waals surface area contributed by atoms with Gasteiger partial charge in [-0.05, 0) is 183 Å². The Morgan fingerprint density at radius 2 is 0.986 bits per heavy atom. The van der Waals surface area contributed by atoms with Crippen LogP contribution in [-0.4, -0.2) is 90.8 Å². The molecular weight excluding hydrogens is 1220 g/mol. The van der Waals surface area contributed by atoms with Crippen molar-refractivity contribution in [2.75, 3.05) is 0 Å². The number of fused-ring (bicyclic) bond motifs is 3. The van der Waals surface area contributed by atoms with Crippen molar-refractivity contribution >= 4 is 160 Å². The highest BCUT2D eigenvalue weighted by atomic mass is 79.9. The lowest BCUT2D eigenvalue weighted by Crippen LogP contribution is -2.41. The second kappa shape index (κ2) is 23.2. The first-order valence-electron chi connectivity index (χ1n) is 24.3. The van der Waals surface area contributed by atoms with E-state index in [1.807, 2.05) is 96.1 Å². The van der Waals surface area contributed by atoms with Gasteiger partial charge in [0.2, 0.25) is 0 Å². The van der Waals surface area contributed by atoms with E-state index in [1.165, 1.54) is 15.3 Å². The molecule has 3 aliphatic heterocycles. The molecule has 22 heteroatoms. The summed E-state index contributed by atoms with van der Waals surface area (Å²) in [4.78, 5) is 30.3. The van der Waals surface area contributed by atoms with E-state index in [1.54, 1.807) is 34.9 Å². The zero-order chi connectivity index (χ0) is 55.0. The van der Waals surface area contributed by atoms with Crippen LogP contribution in [0.1, 0.15) is 88.6 Å². The summed E-state index contributed by atoms with van der Waals surface area (Å²) in [6.45, 7) is 38.0. The molecule has 74 heavy (non-hydrogen) atoms. The van der Waals surface area contributed by atoms with E-state index in [0.717, 1.165) is 38.8 Å². The van der Waals surface area contributed by atoms with Crippen LogP contribution in [0.3, 0.4) is 0 Å². The van der Waals surface area contributed by atoms with Crippen molar-refractivity contribution in [1.29, 1.82) is 0 Å². The van der Waals surface area contributed by atoms with Crippen LogP contribution in [0.15, 0.2) is 96.2 Å². The molecule has 0 aromatic carbocycles. The highest BCUT2D eigenvalue weighted by molar-refractivity contribution is 9.11. The molecule has 3 saturated heterocycles. The molecule has 3 aliphatic rings. The minimum atomic E-state index is -1.41. The van der Waals surface area contributed by atoms with Crippen molar-refractivity contribution in [3.8, 4) is 11.5 Å². The Morgan fingerprint density at radius 3 is 1.46 bits per heavy atom. The van der Waals surface area contributed by atoms with E-state index >= 15 is 0 Å². The van der Waals surface area contributed by atoms with Gasteiger partial charge in [-0.15, -0.1) is 39.6 Å². The number of nitrogens with zero attached hydrogens (tertiary/aromatic N) is 3. The number of thiophene rings is 3. The number of H-pyrrole nitrogens is 1. The largest absolute Gasteiger partial charge is 0.496 e. The third-order valence-electron chi connectivity index (χ3n) is 13.4. The number of rotatable bonds is 3. The zero-order valence-corrected chi connectivity index (χ0v) is 55.0.